The smallest absolute Gasteiger partial charge is 0.319 e. The first kappa shape index (κ1) is 23.0. The zero-order chi connectivity index (χ0) is 24.6. The molecule has 0 spiro atoms. The summed E-state index contributed by atoms with van der Waals surface area (Å²) in [5.74, 6) is 1.35. The van der Waals surface area contributed by atoms with Crippen LogP contribution in [0.2, 0.25) is 0 Å². The van der Waals surface area contributed by atoms with Gasteiger partial charge in [0, 0.05) is 17.7 Å². The van der Waals surface area contributed by atoms with Crippen molar-refractivity contribution in [3.05, 3.63) is 77.4 Å². The van der Waals surface area contributed by atoms with E-state index in [1.165, 1.54) is 18.6 Å². The first-order valence-corrected chi connectivity index (χ1v) is 11.6. The maximum absolute atomic E-state index is 13.1. The number of fused-ring (bicyclic) bond motifs is 1. The van der Waals surface area contributed by atoms with E-state index in [9.17, 15) is 18.0 Å². The van der Waals surface area contributed by atoms with Gasteiger partial charge in [-0.25, -0.2) is 4.98 Å². The molecular weight excluding hydrogens is 455 g/mol. The van der Waals surface area contributed by atoms with Crippen LogP contribution in [0, 0.1) is 6.92 Å². The number of alkyl halides is 3. The summed E-state index contributed by atoms with van der Waals surface area (Å²) in [5, 5.41) is 11.4. The Morgan fingerprint density at radius 3 is 2.49 bits per heavy atom. The second-order valence-corrected chi connectivity index (χ2v) is 8.91. The van der Waals surface area contributed by atoms with Crippen LogP contribution in [0.1, 0.15) is 65.3 Å². The van der Waals surface area contributed by atoms with Gasteiger partial charge in [0.1, 0.15) is 5.82 Å². The highest BCUT2D eigenvalue weighted by atomic mass is 19.4. The minimum Gasteiger partial charge on any atom is -0.319 e. The molecular formula is C26H24F3N5O. The van der Waals surface area contributed by atoms with Crippen molar-refractivity contribution in [2.75, 3.05) is 5.32 Å². The molecule has 0 radical (unpaired) electrons. The van der Waals surface area contributed by atoms with Gasteiger partial charge in [-0.2, -0.15) is 13.2 Å². The first-order valence-electron chi connectivity index (χ1n) is 11.6. The van der Waals surface area contributed by atoms with E-state index < -0.39 is 11.7 Å². The summed E-state index contributed by atoms with van der Waals surface area (Å²) in [5.41, 5.74) is 2.20. The van der Waals surface area contributed by atoms with Gasteiger partial charge >= 0.3 is 6.18 Å². The molecule has 9 heteroatoms. The molecule has 1 N–H and O–H groups in total. The molecule has 1 saturated carbocycles. The average Bonchev–Trinajstić information content (AvgIpc) is 3.27. The van der Waals surface area contributed by atoms with Crippen LogP contribution < -0.4 is 5.32 Å². The van der Waals surface area contributed by atoms with Crippen LogP contribution in [0.4, 0.5) is 18.9 Å². The summed E-state index contributed by atoms with van der Waals surface area (Å²) in [6.45, 7) is 1.78. The Balaban J connectivity index is 1.40. The fraction of sp³-hybridized carbons (Fsp3) is 0.308. The van der Waals surface area contributed by atoms with Crippen LogP contribution in [0.15, 0.2) is 54.9 Å². The Morgan fingerprint density at radius 2 is 1.77 bits per heavy atom. The minimum absolute atomic E-state index is 0.328. The van der Waals surface area contributed by atoms with Gasteiger partial charge in [0.15, 0.2) is 0 Å². The molecule has 0 aliphatic heterocycles. The molecule has 1 aliphatic carbocycles. The SMILES string of the molecule is Cc1c(C(=O)Nc2cnc3nnc(C4CCCCC4)n3c2)cccc1-c1ccc(C(F)(F)F)cc1. The Hall–Kier alpha value is -3.75. The topological polar surface area (TPSA) is 72.2 Å². The number of carbonyl (C=O) groups is 1. The lowest BCUT2D eigenvalue weighted by Gasteiger charge is -2.19. The van der Waals surface area contributed by atoms with E-state index in [-0.39, 0.29) is 5.91 Å². The molecule has 0 saturated heterocycles. The van der Waals surface area contributed by atoms with Crippen molar-refractivity contribution in [1.29, 1.82) is 0 Å². The van der Waals surface area contributed by atoms with E-state index in [1.807, 2.05) is 4.40 Å². The number of nitrogens with zero attached hydrogens (tertiary/aromatic N) is 4. The van der Waals surface area contributed by atoms with Crippen molar-refractivity contribution in [2.45, 2.75) is 51.1 Å². The van der Waals surface area contributed by atoms with E-state index >= 15 is 0 Å². The molecule has 0 unspecified atom stereocenters. The molecule has 1 amide bonds. The van der Waals surface area contributed by atoms with Gasteiger partial charge in [-0.15, -0.1) is 10.2 Å². The van der Waals surface area contributed by atoms with Crippen molar-refractivity contribution in [2.24, 2.45) is 0 Å². The predicted octanol–water partition coefficient (Wildman–Crippen LogP) is 6.42. The second-order valence-electron chi connectivity index (χ2n) is 8.91. The largest absolute Gasteiger partial charge is 0.416 e. The predicted molar refractivity (Wildman–Crippen MR) is 126 cm³/mol. The van der Waals surface area contributed by atoms with Gasteiger partial charge in [-0.05, 0) is 54.7 Å². The van der Waals surface area contributed by atoms with Gasteiger partial charge in [0.05, 0.1) is 17.4 Å². The number of rotatable bonds is 4. The lowest BCUT2D eigenvalue weighted by atomic mass is 9.89. The molecule has 2 aromatic heterocycles. The summed E-state index contributed by atoms with van der Waals surface area (Å²) < 4.78 is 40.6. The number of aromatic nitrogens is 4. The van der Waals surface area contributed by atoms with Gasteiger partial charge in [-0.1, -0.05) is 43.5 Å². The highest BCUT2D eigenvalue weighted by Crippen LogP contribution is 2.33. The number of hydrogen-bond donors (Lipinski definition) is 1. The molecule has 2 heterocycles. The van der Waals surface area contributed by atoms with Crippen molar-refractivity contribution in [3.63, 3.8) is 0 Å². The summed E-state index contributed by atoms with van der Waals surface area (Å²) >= 11 is 0. The number of hydrogen-bond acceptors (Lipinski definition) is 4. The third-order valence-electron chi connectivity index (χ3n) is 6.62. The number of carbonyl (C=O) groups excluding carboxylic acids is 1. The maximum atomic E-state index is 13.1. The van der Waals surface area contributed by atoms with E-state index in [1.54, 1.807) is 37.5 Å². The molecule has 1 fully saturated rings. The first-order chi connectivity index (χ1) is 16.8. The molecule has 4 aromatic rings. The van der Waals surface area contributed by atoms with Crippen LogP contribution in [0.25, 0.3) is 16.9 Å². The maximum Gasteiger partial charge on any atom is 0.416 e. The van der Waals surface area contributed by atoms with Crippen molar-refractivity contribution in [3.8, 4) is 11.1 Å². The fourth-order valence-electron chi connectivity index (χ4n) is 4.74. The zero-order valence-electron chi connectivity index (χ0n) is 19.1. The molecule has 5 rings (SSSR count). The van der Waals surface area contributed by atoms with Crippen molar-refractivity contribution in [1.82, 2.24) is 19.6 Å². The lowest BCUT2D eigenvalue weighted by Crippen LogP contribution is -2.15. The Labute approximate surface area is 200 Å². The quantitative estimate of drug-likeness (QED) is 0.367. The van der Waals surface area contributed by atoms with Gasteiger partial charge in [-0.3, -0.25) is 9.20 Å². The van der Waals surface area contributed by atoms with Crippen LogP contribution in [-0.4, -0.2) is 25.5 Å². The second kappa shape index (κ2) is 9.13. The molecule has 6 nitrogen and oxygen atoms in total. The molecule has 0 atom stereocenters. The van der Waals surface area contributed by atoms with Gasteiger partial charge in [0.25, 0.3) is 11.7 Å². The van der Waals surface area contributed by atoms with Crippen LogP contribution in [-0.2, 0) is 6.18 Å². The van der Waals surface area contributed by atoms with Crippen molar-refractivity contribution < 1.29 is 18.0 Å². The molecule has 1 aliphatic rings. The van der Waals surface area contributed by atoms with Crippen LogP contribution in [0.5, 0.6) is 0 Å². The third-order valence-corrected chi connectivity index (χ3v) is 6.62. The standard InChI is InChI=1S/C26H24F3N5O/c1-16-21(17-10-12-19(13-11-17)26(27,28)29)8-5-9-22(16)24(35)31-20-14-30-25-33-32-23(34(25)15-20)18-6-3-2-4-7-18/h5,8-15,18H,2-4,6-7H2,1H3,(H,31,35). The van der Waals surface area contributed by atoms with Crippen LogP contribution in [0.3, 0.4) is 0 Å². The molecule has 35 heavy (non-hydrogen) atoms. The Kier molecular flexibility index (Phi) is 6.00. The van der Waals surface area contributed by atoms with Crippen molar-refractivity contribution >= 4 is 17.4 Å². The average molecular weight is 480 g/mol. The Morgan fingerprint density at radius 1 is 1.03 bits per heavy atom. The number of amides is 1. The number of halogens is 3. The highest BCUT2D eigenvalue weighted by Gasteiger charge is 2.30. The lowest BCUT2D eigenvalue weighted by molar-refractivity contribution is -0.137. The van der Waals surface area contributed by atoms with Gasteiger partial charge < -0.3 is 5.32 Å². The number of nitrogens with one attached hydrogen (secondary N) is 1. The third kappa shape index (κ3) is 4.62. The van der Waals surface area contributed by atoms with Gasteiger partial charge in [0.2, 0.25) is 0 Å². The highest BCUT2D eigenvalue weighted by molar-refractivity contribution is 6.06. The Bertz CT molecular complexity index is 1370. The van der Waals surface area contributed by atoms with E-state index in [2.05, 4.69) is 20.5 Å². The number of benzene rings is 2. The summed E-state index contributed by atoms with van der Waals surface area (Å²) in [6, 6.07) is 10.1. The minimum atomic E-state index is -4.40. The summed E-state index contributed by atoms with van der Waals surface area (Å²) in [7, 11) is 0. The van der Waals surface area contributed by atoms with E-state index in [0.717, 1.165) is 43.6 Å². The van der Waals surface area contributed by atoms with E-state index in [0.29, 0.717) is 39.6 Å². The summed E-state index contributed by atoms with van der Waals surface area (Å²) in [4.78, 5) is 17.5. The molecule has 180 valence electrons. The number of anilines is 1. The van der Waals surface area contributed by atoms with E-state index in [4.69, 9.17) is 0 Å². The molecule has 0 bridgehead atoms. The molecule has 2 aromatic carbocycles. The monoisotopic (exact) mass is 479 g/mol. The van der Waals surface area contributed by atoms with Crippen LogP contribution >= 0.6 is 0 Å². The normalized spacial score (nSPS) is 14.9. The zero-order valence-corrected chi connectivity index (χ0v) is 19.1. The fourth-order valence-corrected chi connectivity index (χ4v) is 4.74. The summed E-state index contributed by atoms with van der Waals surface area (Å²) in [6.07, 6.45) is 4.63.